The predicted octanol–water partition coefficient (Wildman–Crippen LogP) is 3.79. The normalized spacial score (nSPS) is 10.7. The van der Waals surface area contributed by atoms with Crippen molar-refractivity contribution in [3.63, 3.8) is 0 Å². The number of pyridine rings is 1. The highest BCUT2D eigenvalue weighted by Crippen LogP contribution is 2.25. The van der Waals surface area contributed by atoms with Crippen molar-refractivity contribution >= 4 is 38.4 Å². The van der Waals surface area contributed by atoms with E-state index in [1.807, 2.05) is 6.07 Å². The zero-order valence-electron chi connectivity index (χ0n) is 6.39. The second kappa shape index (κ2) is 3.24. The third-order valence-electron chi connectivity index (χ3n) is 1.69. The molecule has 0 aliphatic carbocycles. The van der Waals surface area contributed by atoms with Gasteiger partial charge in [0.05, 0.1) is 9.99 Å². The van der Waals surface area contributed by atoms with Gasteiger partial charge in [-0.2, -0.15) is 0 Å². The molecule has 0 saturated heterocycles. The van der Waals surface area contributed by atoms with Crippen molar-refractivity contribution < 1.29 is 4.39 Å². The summed E-state index contributed by atoms with van der Waals surface area (Å²) in [5.41, 5.74) is 0.563. The fourth-order valence-corrected chi connectivity index (χ4v) is 1.57. The Morgan fingerprint density at radius 1 is 1.31 bits per heavy atom. The minimum absolute atomic E-state index is 0.307. The second-order valence-corrected chi connectivity index (χ2v) is 3.81. The van der Waals surface area contributed by atoms with E-state index in [9.17, 15) is 4.39 Å². The number of halogens is 3. The lowest BCUT2D eigenvalue weighted by Crippen LogP contribution is -1.82. The lowest BCUT2D eigenvalue weighted by atomic mass is 10.2. The maximum absolute atomic E-state index is 12.8. The van der Waals surface area contributed by atoms with E-state index in [0.29, 0.717) is 15.1 Å². The van der Waals surface area contributed by atoms with Gasteiger partial charge in [-0.25, -0.2) is 9.37 Å². The highest BCUT2D eigenvalue weighted by molar-refractivity contribution is 9.10. The van der Waals surface area contributed by atoms with Crippen LogP contribution in [-0.2, 0) is 0 Å². The topological polar surface area (TPSA) is 12.9 Å². The molecule has 0 radical (unpaired) electrons. The first kappa shape index (κ1) is 8.91. The Hall–Kier alpha value is -0.670. The lowest BCUT2D eigenvalue weighted by molar-refractivity contribution is 0.629. The number of aromatic nitrogens is 1. The summed E-state index contributed by atoms with van der Waals surface area (Å²) in [5.74, 6) is -0.307. The monoisotopic (exact) mass is 259 g/mol. The van der Waals surface area contributed by atoms with Crippen LogP contribution < -0.4 is 0 Å². The van der Waals surface area contributed by atoms with Gasteiger partial charge in [0.2, 0.25) is 0 Å². The summed E-state index contributed by atoms with van der Waals surface area (Å²) >= 11 is 9.01. The van der Waals surface area contributed by atoms with Gasteiger partial charge in [0.25, 0.3) is 0 Å². The number of hydrogen-bond acceptors (Lipinski definition) is 1. The third-order valence-corrected chi connectivity index (χ3v) is 2.81. The largest absolute Gasteiger partial charge is 0.235 e. The summed E-state index contributed by atoms with van der Waals surface area (Å²) in [6.45, 7) is 0. The maximum Gasteiger partial charge on any atom is 0.143 e. The van der Waals surface area contributed by atoms with Crippen molar-refractivity contribution in [2.45, 2.75) is 0 Å². The van der Waals surface area contributed by atoms with Gasteiger partial charge in [-0.3, -0.25) is 0 Å². The Bertz CT molecular complexity index is 472. The molecule has 0 N–H and O–H groups in total. The SMILES string of the molecule is Fc1ccc2cc(Br)c(Cl)nc2c1. The summed E-state index contributed by atoms with van der Waals surface area (Å²) in [5, 5.41) is 1.20. The molecule has 1 aromatic carbocycles. The van der Waals surface area contributed by atoms with Gasteiger partial charge in [0, 0.05) is 11.5 Å². The van der Waals surface area contributed by atoms with Crippen LogP contribution in [0.3, 0.4) is 0 Å². The fraction of sp³-hybridized carbons (Fsp3) is 0. The van der Waals surface area contributed by atoms with E-state index in [-0.39, 0.29) is 5.82 Å². The van der Waals surface area contributed by atoms with Gasteiger partial charge in [-0.05, 0) is 34.1 Å². The van der Waals surface area contributed by atoms with Gasteiger partial charge in [0.1, 0.15) is 11.0 Å². The quantitative estimate of drug-likeness (QED) is 0.657. The standard InChI is InChI=1S/C9H4BrClFN/c10-7-3-5-1-2-6(12)4-8(5)13-9(7)11/h1-4H. The molecular weight excluding hydrogens is 256 g/mol. The minimum Gasteiger partial charge on any atom is -0.235 e. The van der Waals surface area contributed by atoms with Crippen LogP contribution in [0.15, 0.2) is 28.7 Å². The zero-order chi connectivity index (χ0) is 9.42. The molecule has 13 heavy (non-hydrogen) atoms. The summed E-state index contributed by atoms with van der Waals surface area (Å²) in [7, 11) is 0. The summed E-state index contributed by atoms with van der Waals surface area (Å²) in [6.07, 6.45) is 0. The second-order valence-electron chi connectivity index (χ2n) is 2.60. The fourth-order valence-electron chi connectivity index (χ4n) is 1.09. The number of hydrogen-bond donors (Lipinski definition) is 0. The van der Waals surface area contributed by atoms with E-state index in [1.165, 1.54) is 12.1 Å². The van der Waals surface area contributed by atoms with Crippen LogP contribution in [0.1, 0.15) is 0 Å². The van der Waals surface area contributed by atoms with Crippen LogP contribution in [0.5, 0.6) is 0 Å². The molecule has 2 rings (SSSR count). The summed E-state index contributed by atoms with van der Waals surface area (Å²) < 4.78 is 13.5. The highest BCUT2D eigenvalue weighted by atomic mass is 79.9. The Morgan fingerprint density at radius 3 is 2.85 bits per heavy atom. The van der Waals surface area contributed by atoms with E-state index >= 15 is 0 Å². The molecule has 4 heteroatoms. The molecule has 66 valence electrons. The van der Waals surface area contributed by atoms with E-state index in [1.54, 1.807) is 6.07 Å². The summed E-state index contributed by atoms with van der Waals surface area (Å²) in [6, 6.07) is 6.22. The molecule has 0 atom stereocenters. The first-order chi connectivity index (χ1) is 6.16. The third kappa shape index (κ3) is 1.67. The van der Waals surface area contributed by atoms with Gasteiger partial charge >= 0.3 is 0 Å². The average molecular weight is 260 g/mol. The van der Waals surface area contributed by atoms with Crippen LogP contribution in [0.2, 0.25) is 5.15 Å². The minimum atomic E-state index is -0.307. The molecular formula is C9H4BrClFN. The van der Waals surface area contributed by atoms with Crippen molar-refractivity contribution in [2.75, 3.05) is 0 Å². The Balaban J connectivity index is 2.81. The number of benzene rings is 1. The molecule has 0 aliphatic heterocycles. The number of rotatable bonds is 0. The van der Waals surface area contributed by atoms with Crippen molar-refractivity contribution in [3.8, 4) is 0 Å². The molecule has 0 bridgehead atoms. The van der Waals surface area contributed by atoms with Gasteiger partial charge in [-0.15, -0.1) is 0 Å². The van der Waals surface area contributed by atoms with Gasteiger partial charge < -0.3 is 0 Å². The van der Waals surface area contributed by atoms with E-state index < -0.39 is 0 Å². The average Bonchev–Trinajstić information content (AvgIpc) is 2.08. The molecule has 0 fully saturated rings. The molecule has 0 spiro atoms. The molecule has 0 unspecified atom stereocenters. The van der Waals surface area contributed by atoms with Crippen molar-refractivity contribution in [1.82, 2.24) is 4.98 Å². The van der Waals surface area contributed by atoms with E-state index in [0.717, 1.165) is 5.39 Å². The Kier molecular flexibility index (Phi) is 2.22. The Morgan fingerprint density at radius 2 is 2.08 bits per heavy atom. The zero-order valence-corrected chi connectivity index (χ0v) is 8.73. The lowest BCUT2D eigenvalue weighted by Gasteiger charge is -1.99. The first-order valence-electron chi connectivity index (χ1n) is 3.58. The van der Waals surface area contributed by atoms with Crippen molar-refractivity contribution in [3.05, 3.63) is 39.7 Å². The van der Waals surface area contributed by atoms with Crippen LogP contribution >= 0.6 is 27.5 Å². The molecule has 1 nitrogen and oxygen atoms in total. The van der Waals surface area contributed by atoms with Crippen LogP contribution in [0.25, 0.3) is 10.9 Å². The van der Waals surface area contributed by atoms with Gasteiger partial charge in [-0.1, -0.05) is 11.6 Å². The molecule has 1 aromatic heterocycles. The summed E-state index contributed by atoms with van der Waals surface area (Å²) in [4.78, 5) is 4.01. The highest BCUT2D eigenvalue weighted by Gasteiger charge is 2.02. The molecule has 0 amide bonds. The maximum atomic E-state index is 12.8. The molecule has 0 aliphatic rings. The van der Waals surface area contributed by atoms with Crippen LogP contribution in [-0.4, -0.2) is 4.98 Å². The van der Waals surface area contributed by atoms with Gasteiger partial charge in [0.15, 0.2) is 0 Å². The first-order valence-corrected chi connectivity index (χ1v) is 4.75. The molecule has 1 heterocycles. The van der Waals surface area contributed by atoms with Crippen molar-refractivity contribution in [2.24, 2.45) is 0 Å². The van der Waals surface area contributed by atoms with E-state index in [4.69, 9.17) is 11.6 Å². The molecule has 2 aromatic rings. The van der Waals surface area contributed by atoms with Crippen LogP contribution in [0.4, 0.5) is 4.39 Å². The van der Waals surface area contributed by atoms with Crippen LogP contribution in [0, 0.1) is 5.82 Å². The number of nitrogens with zero attached hydrogens (tertiary/aromatic N) is 1. The Labute approximate surface area is 87.7 Å². The van der Waals surface area contributed by atoms with E-state index in [2.05, 4.69) is 20.9 Å². The number of fused-ring (bicyclic) bond motifs is 1. The predicted molar refractivity (Wildman–Crippen MR) is 54.4 cm³/mol. The molecule has 0 saturated carbocycles. The smallest absolute Gasteiger partial charge is 0.143 e. The van der Waals surface area contributed by atoms with Crippen molar-refractivity contribution in [1.29, 1.82) is 0 Å².